The predicted molar refractivity (Wildman–Crippen MR) is 101 cm³/mol. The van der Waals surface area contributed by atoms with Gasteiger partial charge < -0.3 is 4.74 Å². The van der Waals surface area contributed by atoms with Gasteiger partial charge in [-0.2, -0.15) is 0 Å². The zero-order valence-electron chi connectivity index (χ0n) is 14.3. The number of nitrogens with zero attached hydrogens (tertiary/aromatic N) is 1. The third-order valence-corrected chi connectivity index (χ3v) is 6.44. The van der Waals surface area contributed by atoms with Crippen LogP contribution in [0.15, 0.2) is 57.9 Å². The topological polar surface area (TPSA) is 63.7 Å². The lowest BCUT2D eigenvalue weighted by atomic mass is 10.2. The van der Waals surface area contributed by atoms with Crippen LogP contribution in [-0.2, 0) is 14.8 Å². The van der Waals surface area contributed by atoms with E-state index in [0.717, 1.165) is 0 Å². The zero-order valence-corrected chi connectivity index (χ0v) is 16.7. The highest BCUT2D eigenvalue weighted by Crippen LogP contribution is 2.31. The van der Waals surface area contributed by atoms with Gasteiger partial charge in [-0.15, -0.1) is 0 Å². The van der Waals surface area contributed by atoms with Crippen molar-refractivity contribution in [3.05, 3.63) is 58.6 Å². The Morgan fingerprint density at radius 1 is 1.16 bits per heavy atom. The van der Waals surface area contributed by atoms with Crippen LogP contribution in [0.2, 0.25) is 0 Å². The Kier molecular flexibility index (Phi) is 6.24. The lowest BCUT2D eigenvalue weighted by Gasteiger charge is -2.28. The molecule has 0 atom stereocenters. The van der Waals surface area contributed by atoms with Crippen LogP contribution in [0.25, 0.3) is 0 Å². The molecule has 0 N–H and O–H groups in total. The van der Waals surface area contributed by atoms with Gasteiger partial charge in [0.2, 0.25) is 0 Å². The second-order valence-electron chi connectivity index (χ2n) is 5.60. The molecule has 0 heterocycles. The van der Waals surface area contributed by atoms with Gasteiger partial charge in [0, 0.05) is 10.5 Å². The van der Waals surface area contributed by atoms with Crippen molar-refractivity contribution in [1.82, 2.24) is 0 Å². The first-order chi connectivity index (χ1) is 11.8. The first kappa shape index (κ1) is 19.5. The summed E-state index contributed by atoms with van der Waals surface area (Å²) < 4.78 is 33.0. The van der Waals surface area contributed by atoms with Gasteiger partial charge in [-0.05, 0) is 67.0 Å². The van der Waals surface area contributed by atoms with Crippen LogP contribution < -0.4 is 4.31 Å². The van der Waals surface area contributed by atoms with E-state index in [1.807, 2.05) is 19.9 Å². The summed E-state index contributed by atoms with van der Waals surface area (Å²) in [6.07, 6.45) is 0. The molecule has 2 rings (SSSR count). The Hall–Kier alpha value is -1.86. The molecular weight excluding hydrogens is 406 g/mol. The highest BCUT2D eigenvalue weighted by molar-refractivity contribution is 9.10. The van der Waals surface area contributed by atoms with Crippen molar-refractivity contribution < 1.29 is 17.9 Å². The summed E-state index contributed by atoms with van der Waals surface area (Å²) in [5.74, 6) is -0.490. The van der Waals surface area contributed by atoms with Gasteiger partial charge in [0.15, 0.2) is 0 Å². The molecule has 0 unspecified atom stereocenters. The molecular formula is C18H20BrNO4S. The van der Waals surface area contributed by atoms with Crippen molar-refractivity contribution in [3.63, 3.8) is 0 Å². The molecule has 0 bridgehead atoms. The fourth-order valence-electron chi connectivity index (χ4n) is 2.45. The Morgan fingerprint density at radius 2 is 1.80 bits per heavy atom. The van der Waals surface area contributed by atoms with Crippen LogP contribution in [0, 0.1) is 0 Å². The van der Waals surface area contributed by atoms with Gasteiger partial charge in [-0.25, -0.2) is 13.2 Å². The van der Waals surface area contributed by atoms with Gasteiger partial charge in [0.05, 0.1) is 17.9 Å². The van der Waals surface area contributed by atoms with E-state index in [1.54, 1.807) is 31.2 Å². The molecule has 0 aliphatic heterocycles. The number of rotatable bonds is 6. The first-order valence-corrected chi connectivity index (χ1v) is 10.1. The van der Waals surface area contributed by atoms with E-state index in [-0.39, 0.29) is 17.5 Å². The third kappa shape index (κ3) is 4.22. The normalized spacial score (nSPS) is 11.4. The fraction of sp³-hybridized carbons (Fsp3) is 0.278. The van der Waals surface area contributed by atoms with E-state index < -0.39 is 16.0 Å². The van der Waals surface area contributed by atoms with Crippen LogP contribution in [-0.4, -0.2) is 27.0 Å². The minimum absolute atomic E-state index is 0.0955. The first-order valence-electron chi connectivity index (χ1n) is 7.85. The third-order valence-electron chi connectivity index (χ3n) is 3.46. The second kappa shape index (κ2) is 8.01. The molecule has 5 nitrogen and oxygen atoms in total. The van der Waals surface area contributed by atoms with E-state index in [0.29, 0.717) is 15.7 Å². The quantitative estimate of drug-likeness (QED) is 0.649. The number of esters is 1. The average Bonchev–Trinajstić information content (AvgIpc) is 2.55. The van der Waals surface area contributed by atoms with Crippen molar-refractivity contribution >= 4 is 37.6 Å². The molecule has 0 amide bonds. The van der Waals surface area contributed by atoms with Crippen LogP contribution in [0.3, 0.4) is 0 Å². The number of ether oxygens (including phenoxy) is 1. The highest BCUT2D eigenvalue weighted by Gasteiger charge is 2.29. The van der Waals surface area contributed by atoms with Crippen LogP contribution >= 0.6 is 15.9 Å². The number of hydrogen-bond donors (Lipinski definition) is 0. The molecule has 0 radical (unpaired) electrons. The molecule has 0 aliphatic rings. The molecule has 134 valence electrons. The smallest absolute Gasteiger partial charge is 0.338 e. The number of anilines is 1. The maximum Gasteiger partial charge on any atom is 0.338 e. The number of halogens is 1. The summed E-state index contributed by atoms with van der Waals surface area (Å²) in [6.45, 7) is 5.59. The van der Waals surface area contributed by atoms with Gasteiger partial charge >= 0.3 is 5.97 Å². The van der Waals surface area contributed by atoms with Crippen molar-refractivity contribution in [2.75, 3.05) is 10.9 Å². The monoisotopic (exact) mass is 425 g/mol. The largest absolute Gasteiger partial charge is 0.462 e. The number of carbonyl (C=O) groups excluding carboxylic acids is 1. The molecule has 0 saturated heterocycles. The SMILES string of the molecule is CCOC(=O)c1ccc(S(=O)(=O)N(c2ccccc2)C(C)C)c(Br)c1. The highest BCUT2D eigenvalue weighted by atomic mass is 79.9. The van der Waals surface area contributed by atoms with Gasteiger partial charge in [0.25, 0.3) is 10.0 Å². The molecule has 2 aromatic rings. The van der Waals surface area contributed by atoms with Crippen LogP contribution in [0.4, 0.5) is 5.69 Å². The Labute approximate surface area is 156 Å². The van der Waals surface area contributed by atoms with E-state index in [9.17, 15) is 13.2 Å². The van der Waals surface area contributed by atoms with Crippen molar-refractivity contribution in [1.29, 1.82) is 0 Å². The summed E-state index contributed by atoms with van der Waals surface area (Å²) in [7, 11) is -3.80. The maximum atomic E-state index is 13.2. The molecule has 0 aliphatic carbocycles. The van der Waals surface area contributed by atoms with Crippen LogP contribution in [0.5, 0.6) is 0 Å². The fourth-order valence-corrected chi connectivity index (χ4v) is 5.15. The van der Waals surface area contributed by atoms with E-state index in [4.69, 9.17) is 4.74 Å². The van der Waals surface area contributed by atoms with Gasteiger partial charge in [0.1, 0.15) is 4.90 Å². The minimum Gasteiger partial charge on any atom is -0.462 e. The number of sulfonamides is 1. The van der Waals surface area contributed by atoms with E-state index in [2.05, 4.69) is 15.9 Å². The standard InChI is InChI=1S/C18H20BrNO4S/c1-4-24-18(21)14-10-11-17(16(19)12-14)25(22,23)20(13(2)3)15-8-6-5-7-9-15/h5-13H,4H2,1-3H3. The number of hydrogen-bond acceptors (Lipinski definition) is 4. The van der Waals surface area contributed by atoms with Crippen molar-refractivity contribution in [3.8, 4) is 0 Å². The van der Waals surface area contributed by atoms with Gasteiger partial charge in [-0.1, -0.05) is 18.2 Å². The molecule has 7 heteroatoms. The summed E-state index contributed by atoms with van der Waals surface area (Å²) >= 11 is 3.28. The zero-order chi connectivity index (χ0) is 18.6. The molecule has 0 fully saturated rings. The molecule has 2 aromatic carbocycles. The Balaban J connectivity index is 2.49. The summed E-state index contributed by atoms with van der Waals surface area (Å²) in [5, 5.41) is 0. The number of carbonyl (C=O) groups is 1. The molecule has 25 heavy (non-hydrogen) atoms. The lowest BCUT2D eigenvalue weighted by Crippen LogP contribution is -2.37. The minimum atomic E-state index is -3.80. The summed E-state index contributed by atoms with van der Waals surface area (Å²) in [5.41, 5.74) is 0.877. The van der Waals surface area contributed by atoms with Gasteiger partial charge in [-0.3, -0.25) is 4.31 Å². The number of benzene rings is 2. The van der Waals surface area contributed by atoms with E-state index >= 15 is 0 Å². The number of para-hydroxylation sites is 1. The lowest BCUT2D eigenvalue weighted by molar-refractivity contribution is 0.0526. The second-order valence-corrected chi connectivity index (χ2v) is 8.23. The van der Waals surface area contributed by atoms with E-state index in [1.165, 1.54) is 22.5 Å². The van der Waals surface area contributed by atoms with Crippen LogP contribution in [0.1, 0.15) is 31.1 Å². The Bertz CT molecular complexity index is 851. The average molecular weight is 426 g/mol. The summed E-state index contributed by atoms with van der Waals surface area (Å²) in [4.78, 5) is 11.9. The summed E-state index contributed by atoms with van der Waals surface area (Å²) in [6, 6.07) is 13.0. The molecule has 0 spiro atoms. The Morgan fingerprint density at radius 3 is 2.32 bits per heavy atom. The predicted octanol–water partition coefficient (Wildman–Crippen LogP) is 4.23. The molecule has 0 saturated carbocycles. The molecule has 0 aromatic heterocycles. The maximum absolute atomic E-state index is 13.2. The van der Waals surface area contributed by atoms with Crippen molar-refractivity contribution in [2.24, 2.45) is 0 Å². The van der Waals surface area contributed by atoms with Crippen molar-refractivity contribution in [2.45, 2.75) is 31.7 Å².